The Bertz CT molecular complexity index is 2480. The van der Waals surface area contributed by atoms with Crippen LogP contribution >= 0.6 is 0 Å². The summed E-state index contributed by atoms with van der Waals surface area (Å²) in [6, 6.07) is 39.8. The van der Waals surface area contributed by atoms with E-state index in [0.29, 0.717) is 0 Å². The average molecular weight is 758 g/mol. The number of hydrogen-bond acceptors (Lipinski definition) is 3. The molecule has 0 atom stereocenters. The zero-order valence-electron chi connectivity index (χ0n) is 24.7. The second-order valence-corrected chi connectivity index (χ2v) is 11.5. The molecule has 2 aliphatic heterocycles. The maximum atomic E-state index is 4.66. The second-order valence-electron chi connectivity index (χ2n) is 11.5. The minimum absolute atomic E-state index is 0. The maximum absolute atomic E-state index is 4.66. The van der Waals surface area contributed by atoms with Gasteiger partial charge >= 0.3 is 20.1 Å². The van der Waals surface area contributed by atoms with E-state index in [1.54, 1.807) is 0 Å². The van der Waals surface area contributed by atoms with Crippen LogP contribution in [0.1, 0.15) is 5.56 Å². The number of nitrogens with zero attached hydrogens (tertiary/aromatic N) is 5. The Labute approximate surface area is 274 Å². The number of aromatic nitrogens is 3. The van der Waals surface area contributed by atoms with Crippen molar-refractivity contribution in [3.05, 3.63) is 146 Å². The second kappa shape index (κ2) is 10.6. The van der Waals surface area contributed by atoms with Crippen molar-refractivity contribution < 1.29 is 24.8 Å². The molecule has 0 spiro atoms. The molecule has 0 bridgehead atoms. The first-order valence-electron chi connectivity index (χ1n) is 14.8. The molecule has 0 saturated carbocycles. The van der Waals surface area contributed by atoms with Crippen molar-refractivity contribution in [1.29, 1.82) is 0 Å². The summed E-state index contributed by atoms with van der Waals surface area (Å²) in [7, 11) is 4.13. The molecule has 0 radical (unpaired) electrons. The molecule has 6 heteroatoms. The summed E-state index contributed by atoms with van der Waals surface area (Å²) in [4.78, 5) is 6.72. The largest absolute Gasteiger partial charge is 3.00 e. The van der Waals surface area contributed by atoms with Gasteiger partial charge in [0.1, 0.15) is 11.9 Å². The molecule has 5 nitrogen and oxygen atoms in total. The third kappa shape index (κ3) is 4.17. The van der Waals surface area contributed by atoms with E-state index in [0.717, 1.165) is 16.6 Å². The van der Waals surface area contributed by atoms with Gasteiger partial charge in [0.2, 0.25) is 0 Å². The first-order chi connectivity index (χ1) is 21.7. The van der Waals surface area contributed by atoms with Crippen LogP contribution in [-0.2, 0) is 27.2 Å². The molecule has 5 heterocycles. The number of benzene rings is 5. The predicted octanol–water partition coefficient (Wildman–Crippen LogP) is 7.74. The molecule has 0 unspecified atom stereocenters. The Morgan fingerprint density at radius 1 is 0.756 bits per heavy atom. The van der Waals surface area contributed by atoms with Gasteiger partial charge < -0.3 is 14.5 Å². The van der Waals surface area contributed by atoms with Crippen LogP contribution in [0.15, 0.2) is 122 Å². The van der Waals surface area contributed by atoms with E-state index < -0.39 is 0 Å². The van der Waals surface area contributed by atoms with Crippen LogP contribution in [0.4, 0.5) is 0 Å². The summed E-state index contributed by atoms with van der Waals surface area (Å²) >= 11 is 0. The fourth-order valence-corrected chi connectivity index (χ4v) is 6.85. The molecule has 45 heavy (non-hydrogen) atoms. The summed E-state index contributed by atoms with van der Waals surface area (Å²) in [5.41, 5.74) is 7.09. The quantitative estimate of drug-likeness (QED) is 0.0687. The fraction of sp³-hybridized carbons (Fsp3) is 0.0513. The molecule has 0 aliphatic carbocycles. The molecular formula is C39H27IrN5+. The van der Waals surface area contributed by atoms with Crippen molar-refractivity contribution in [2.45, 2.75) is 0 Å². The molecule has 0 N–H and O–H groups in total. The van der Waals surface area contributed by atoms with E-state index in [4.69, 9.17) is 0 Å². The summed E-state index contributed by atoms with van der Waals surface area (Å²) in [6.07, 6.45) is 9.28. The Morgan fingerprint density at radius 3 is 2.42 bits per heavy atom. The molecule has 0 saturated heterocycles. The van der Waals surface area contributed by atoms with Gasteiger partial charge in [-0.1, -0.05) is 91.2 Å². The number of rotatable bonds is 0. The predicted molar refractivity (Wildman–Crippen MR) is 179 cm³/mol. The van der Waals surface area contributed by atoms with Crippen LogP contribution in [0.2, 0.25) is 0 Å². The SMILES string of the molecule is CN1C=C2c3ccccc3-c3ccc[c-][n+]3N2[CH-]1.Cn1c[c-]c2c3ncccc3c3ccc4cc5ccccc5cc4c3c21.[Ir+3]. The maximum Gasteiger partial charge on any atom is 3.00 e. The van der Waals surface area contributed by atoms with Crippen LogP contribution in [0.5, 0.6) is 0 Å². The van der Waals surface area contributed by atoms with Gasteiger partial charge in [-0.25, -0.2) is 4.68 Å². The first-order valence-corrected chi connectivity index (χ1v) is 14.8. The topological polar surface area (TPSA) is 28.2 Å². The van der Waals surface area contributed by atoms with E-state index in [1.807, 2.05) is 37.6 Å². The van der Waals surface area contributed by atoms with Gasteiger partial charge in [-0.05, 0) is 81.7 Å². The third-order valence-corrected chi connectivity index (χ3v) is 8.78. The number of pyridine rings is 2. The van der Waals surface area contributed by atoms with Crippen LogP contribution in [0, 0.1) is 18.9 Å². The van der Waals surface area contributed by atoms with Gasteiger partial charge in [-0.15, -0.1) is 11.5 Å². The summed E-state index contributed by atoms with van der Waals surface area (Å²) in [6.45, 7) is 2.06. The minimum atomic E-state index is 0. The normalized spacial score (nSPS) is 13.3. The van der Waals surface area contributed by atoms with Crippen molar-refractivity contribution in [3.8, 4) is 11.3 Å². The zero-order valence-corrected chi connectivity index (χ0v) is 27.1. The van der Waals surface area contributed by atoms with Crippen LogP contribution < -0.4 is 9.69 Å². The van der Waals surface area contributed by atoms with E-state index in [2.05, 4.69) is 141 Å². The molecule has 8 aromatic rings. The van der Waals surface area contributed by atoms with Gasteiger partial charge in [-0.3, -0.25) is 5.01 Å². The van der Waals surface area contributed by atoms with Crippen molar-refractivity contribution in [3.63, 3.8) is 0 Å². The van der Waals surface area contributed by atoms with Crippen molar-refractivity contribution in [2.75, 3.05) is 12.1 Å². The molecule has 2 aliphatic rings. The van der Waals surface area contributed by atoms with Crippen molar-refractivity contribution in [1.82, 2.24) is 14.5 Å². The van der Waals surface area contributed by atoms with Crippen molar-refractivity contribution >= 4 is 59.8 Å². The smallest absolute Gasteiger partial charge is 0.504 e. The monoisotopic (exact) mass is 758 g/mol. The Balaban J connectivity index is 0.000000139. The Hall–Kier alpha value is -5.03. The van der Waals surface area contributed by atoms with Gasteiger partial charge in [0.05, 0.1) is 5.70 Å². The van der Waals surface area contributed by atoms with Gasteiger partial charge in [0, 0.05) is 17.3 Å². The number of hydrogen-bond donors (Lipinski definition) is 0. The summed E-state index contributed by atoms with van der Waals surface area (Å²) in [5, 5.41) is 12.0. The molecule has 216 valence electrons. The van der Waals surface area contributed by atoms with E-state index in [-0.39, 0.29) is 20.1 Å². The first kappa shape index (κ1) is 27.5. The summed E-state index contributed by atoms with van der Waals surface area (Å²) in [5.74, 6) is 0. The van der Waals surface area contributed by atoms with Crippen LogP contribution in [0.3, 0.4) is 0 Å². The molecule has 0 fully saturated rings. The van der Waals surface area contributed by atoms with Crippen LogP contribution in [0.25, 0.3) is 71.1 Å². The fourth-order valence-electron chi connectivity index (χ4n) is 6.85. The van der Waals surface area contributed by atoms with E-state index in [9.17, 15) is 0 Å². The Morgan fingerprint density at radius 2 is 1.56 bits per heavy atom. The number of fused-ring (bicyclic) bond motifs is 15. The molecule has 10 rings (SSSR count). The van der Waals surface area contributed by atoms with Gasteiger partial charge in [-0.2, -0.15) is 12.1 Å². The summed E-state index contributed by atoms with van der Waals surface area (Å²) < 4.78 is 4.22. The van der Waals surface area contributed by atoms with E-state index >= 15 is 0 Å². The van der Waals surface area contributed by atoms with Crippen molar-refractivity contribution in [2.24, 2.45) is 7.05 Å². The third-order valence-electron chi connectivity index (χ3n) is 8.78. The molecule has 5 aromatic carbocycles. The molecular weight excluding hydrogens is 731 g/mol. The zero-order chi connectivity index (χ0) is 29.4. The van der Waals surface area contributed by atoms with E-state index in [1.165, 1.54) is 60.0 Å². The molecule has 3 aromatic heterocycles. The standard InChI is InChI=1S/C24H15N2.C15H12N3.Ir/c1-26-12-10-20-23-19(7-4-11-25-23)18-9-8-17-13-15-5-2-3-6-16(15)14-21(17)22(18)24(20)26;1-16-10-15-13-7-3-2-6-12(13)14-8-4-5-9-17(14)18(15)11-16;/h2-9,11-14H,1H3;2-8,10-11H,1H3;/q2*-1;+3. The minimum Gasteiger partial charge on any atom is -0.504 e. The molecule has 0 amide bonds. The van der Waals surface area contributed by atoms with Crippen LogP contribution in [-0.4, -0.2) is 21.5 Å². The number of aryl methyl sites for hydroxylation is 1. The van der Waals surface area contributed by atoms with Gasteiger partial charge in [0.25, 0.3) is 0 Å². The Kier molecular flexibility index (Phi) is 6.45. The average Bonchev–Trinajstić information content (AvgIpc) is 3.67. The van der Waals surface area contributed by atoms with Gasteiger partial charge in [0.15, 0.2) is 0 Å².